The van der Waals surface area contributed by atoms with Crippen LogP contribution in [-0.2, 0) is 23.1 Å². The van der Waals surface area contributed by atoms with Gasteiger partial charge in [-0.05, 0) is 43.2 Å². The second-order valence-electron chi connectivity index (χ2n) is 9.58. The molecule has 38 heavy (non-hydrogen) atoms. The van der Waals surface area contributed by atoms with Crippen LogP contribution in [-0.4, -0.2) is 62.6 Å². The number of halogens is 2. The largest absolute Gasteiger partial charge is 0.339 e. The number of imide groups is 1. The minimum Gasteiger partial charge on any atom is -0.339 e. The van der Waals surface area contributed by atoms with E-state index in [4.69, 9.17) is 0 Å². The van der Waals surface area contributed by atoms with Gasteiger partial charge in [-0.1, -0.05) is 30.0 Å². The number of rotatable bonds is 4. The maximum atomic E-state index is 15.1. The smallest absolute Gasteiger partial charge is 0.332 e. The third-order valence-corrected chi connectivity index (χ3v) is 6.90. The molecule has 1 aromatic heterocycles. The summed E-state index contributed by atoms with van der Waals surface area (Å²) < 4.78 is 31.9. The number of anilines is 1. The van der Waals surface area contributed by atoms with Gasteiger partial charge in [-0.25, -0.2) is 18.5 Å². The summed E-state index contributed by atoms with van der Waals surface area (Å²) >= 11 is 0. The van der Waals surface area contributed by atoms with E-state index in [1.165, 1.54) is 11.8 Å². The molecule has 0 aliphatic carbocycles. The van der Waals surface area contributed by atoms with Gasteiger partial charge in [-0.3, -0.25) is 14.3 Å². The molecule has 1 unspecified atom stereocenters. The van der Waals surface area contributed by atoms with Gasteiger partial charge in [0.2, 0.25) is 11.8 Å². The summed E-state index contributed by atoms with van der Waals surface area (Å²) in [6, 6.07) is 9.99. The van der Waals surface area contributed by atoms with Crippen molar-refractivity contribution >= 4 is 23.5 Å². The van der Waals surface area contributed by atoms with Gasteiger partial charge in [0.25, 0.3) is 0 Å². The van der Waals surface area contributed by atoms with Gasteiger partial charge < -0.3 is 9.80 Å². The Kier molecular flexibility index (Phi) is 6.45. The van der Waals surface area contributed by atoms with E-state index in [1.807, 2.05) is 12.3 Å². The highest BCUT2D eigenvalue weighted by Gasteiger charge is 2.55. The standard InChI is InChI=1S/C28H25F2N5O3/c1-28-16-24(36)35(25-22(29)14-20(15-23(25)30)9-8-19-6-4-3-5-7-19)27(38)34(28)13-12-33(26(28)37)11-10-21-17-31-32(2)18-21/h3-7,14-15,17-18H,10-13,16H2,1-2H3. The molecule has 10 heteroatoms. The fourth-order valence-electron chi connectivity index (χ4n) is 4.92. The fourth-order valence-corrected chi connectivity index (χ4v) is 4.92. The Morgan fingerprint density at radius 1 is 1.00 bits per heavy atom. The first-order valence-electron chi connectivity index (χ1n) is 12.1. The molecule has 0 N–H and O–H groups in total. The molecule has 0 saturated carbocycles. The molecule has 8 nitrogen and oxygen atoms in total. The number of benzene rings is 2. The second kappa shape index (κ2) is 9.74. The molecule has 2 aliphatic rings. The average molecular weight is 518 g/mol. The summed E-state index contributed by atoms with van der Waals surface area (Å²) in [7, 11) is 1.80. The van der Waals surface area contributed by atoms with Crippen LogP contribution in [0.4, 0.5) is 19.3 Å². The van der Waals surface area contributed by atoms with E-state index in [0.29, 0.717) is 23.4 Å². The van der Waals surface area contributed by atoms with E-state index >= 15 is 8.78 Å². The zero-order valence-electron chi connectivity index (χ0n) is 20.9. The highest BCUT2D eigenvalue weighted by molar-refractivity contribution is 6.19. The Balaban J connectivity index is 1.36. The molecule has 194 valence electrons. The van der Waals surface area contributed by atoms with Crippen LogP contribution < -0.4 is 4.90 Å². The molecular formula is C28H25F2N5O3. The number of aryl methyl sites for hydroxylation is 1. The van der Waals surface area contributed by atoms with Gasteiger partial charge in [-0.2, -0.15) is 5.10 Å². The van der Waals surface area contributed by atoms with E-state index in [0.717, 1.165) is 17.7 Å². The maximum absolute atomic E-state index is 15.1. The number of carbonyl (C=O) groups excluding carboxylic acids is 3. The first kappa shape index (κ1) is 25.1. The van der Waals surface area contributed by atoms with Gasteiger partial charge in [0.05, 0.1) is 12.6 Å². The lowest BCUT2D eigenvalue weighted by Gasteiger charge is -2.51. The van der Waals surface area contributed by atoms with Crippen LogP contribution in [0, 0.1) is 23.5 Å². The normalized spacial score (nSPS) is 19.4. The summed E-state index contributed by atoms with van der Waals surface area (Å²) in [5.74, 6) is 2.12. The number of hydrogen-bond donors (Lipinski definition) is 0. The lowest BCUT2D eigenvalue weighted by atomic mass is 9.88. The third kappa shape index (κ3) is 4.52. The molecule has 3 heterocycles. The van der Waals surface area contributed by atoms with Gasteiger partial charge in [0.15, 0.2) is 11.6 Å². The molecule has 0 bridgehead atoms. The van der Waals surface area contributed by atoms with Gasteiger partial charge in [0, 0.05) is 44.0 Å². The van der Waals surface area contributed by atoms with E-state index in [2.05, 4.69) is 16.9 Å². The van der Waals surface area contributed by atoms with Gasteiger partial charge in [-0.15, -0.1) is 0 Å². The molecule has 3 aromatic rings. The molecular weight excluding hydrogens is 492 g/mol. The van der Waals surface area contributed by atoms with Crippen molar-refractivity contribution in [1.82, 2.24) is 19.6 Å². The average Bonchev–Trinajstić information content (AvgIpc) is 3.30. The van der Waals surface area contributed by atoms with Crippen molar-refractivity contribution in [2.75, 3.05) is 24.5 Å². The van der Waals surface area contributed by atoms with E-state index in [1.54, 1.807) is 47.1 Å². The second-order valence-corrected chi connectivity index (χ2v) is 9.58. The van der Waals surface area contributed by atoms with Gasteiger partial charge >= 0.3 is 6.03 Å². The highest BCUT2D eigenvalue weighted by atomic mass is 19.1. The predicted octanol–water partition coefficient (Wildman–Crippen LogP) is 3.10. The van der Waals surface area contributed by atoms with E-state index in [9.17, 15) is 14.4 Å². The van der Waals surface area contributed by atoms with Crippen LogP contribution >= 0.6 is 0 Å². The Morgan fingerprint density at radius 3 is 2.34 bits per heavy atom. The summed E-state index contributed by atoms with van der Waals surface area (Å²) in [6.45, 7) is 2.28. The summed E-state index contributed by atoms with van der Waals surface area (Å²) in [5, 5.41) is 4.12. The lowest BCUT2D eigenvalue weighted by molar-refractivity contribution is -0.151. The van der Waals surface area contributed by atoms with Crippen molar-refractivity contribution in [1.29, 1.82) is 0 Å². The molecule has 2 saturated heterocycles. The predicted molar refractivity (Wildman–Crippen MR) is 135 cm³/mol. The molecule has 2 aliphatic heterocycles. The van der Waals surface area contributed by atoms with Crippen LogP contribution in [0.5, 0.6) is 0 Å². The zero-order valence-corrected chi connectivity index (χ0v) is 20.9. The van der Waals surface area contributed by atoms with Crippen LogP contribution in [0.15, 0.2) is 54.9 Å². The minimum atomic E-state index is -1.44. The highest BCUT2D eigenvalue weighted by Crippen LogP contribution is 2.37. The number of aromatic nitrogens is 2. The Bertz CT molecular complexity index is 1470. The lowest BCUT2D eigenvalue weighted by Crippen LogP contribution is -2.72. The van der Waals surface area contributed by atoms with Crippen LogP contribution in [0.3, 0.4) is 0 Å². The summed E-state index contributed by atoms with van der Waals surface area (Å²) in [5.41, 5.74) is -0.517. The molecule has 0 radical (unpaired) electrons. The maximum Gasteiger partial charge on any atom is 0.332 e. The van der Waals surface area contributed by atoms with Crippen LogP contribution in [0.2, 0.25) is 0 Å². The number of nitrogens with zero attached hydrogens (tertiary/aromatic N) is 5. The number of hydrogen-bond acceptors (Lipinski definition) is 4. The van der Waals surface area contributed by atoms with E-state index in [-0.39, 0.29) is 24.6 Å². The summed E-state index contributed by atoms with van der Waals surface area (Å²) in [6.07, 6.45) is 3.75. The Labute approximate surface area is 218 Å². The van der Waals surface area contributed by atoms with E-state index < -0.39 is 41.2 Å². The SMILES string of the molecule is Cn1cc(CCN2CCN3C(=O)N(c4c(F)cc(C#Cc5ccccc5)cc4F)C(=O)CC3(C)C2=O)cn1. The molecule has 1 atom stereocenters. The van der Waals surface area contributed by atoms with Crippen LogP contribution in [0.25, 0.3) is 0 Å². The number of carbonyl (C=O) groups is 3. The first-order chi connectivity index (χ1) is 18.2. The molecule has 0 spiro atoms. The molecule has 5 rings (SSSR count). The zero-order chi connectivity index (χ0) is 27.0. The first-order valence-corrected chi connectivity index (χ1v) is 12.1. The van der Waals surface area contributed by atoms with Crippen molar-refractivity contribution in [2.24, 2.45) is 7.05 Å². The molecule has 4 amide bonds. The Morgan fingerprint density at radius 2 is 1.68 bits per heavy atom. The van der Waals surface area contributed by atoms with Crippen molar-refractivity contribution in [3.05, 3.63) is 83.2 Å². The minimum absolute atomic E-state index is 0.0618. The number of piperazine rings is 1. The Hall–Kier alpha value is -4.52. The number of amides is 4. The van der Waals surface area contributed by atoms with Crippen LogP contribution in [0.1, 0.15) is 30.0 Å². The summed E-state index contributed by atoms with van der Waals surface area (Å²) in [4.78, 5) is 43.3. The number of urea groups is 1. The van der Waals surface area contributed by atoms with Crippen molar-refractivity contribution in [3.63, 3.8) is 0 Å². The third-order valence-electron chi connectivity index (χ3n) is 6.90. The van der Waals surface area contributed by atoms with Gasteiger partial charge in [0.1, 0.15) is 11.2 Å². The monoisotopic (exact) mass is 517 g/mol. The van der Waals surface area contributed by atoms with Crippen molar-refractivity contribution in [3.8, 4) is 11.8 Å². The fraction of sp³-hybridized carbons (Fsp3) is 0.286. The molecule has 2 fully saturated rings. The quantitative estimate of drug-likeness (QED) is 0.499. The van der Waals surface area contributed by atoms with Crippen molar-refractivity contribution < 1.29 is 23.2 Å². The van der Waals surface area contributed by atoms with Crippen molar-refractivity contribution in [2.45, 2.75) is 25.3 Å². The molecule has 2 aromatic carbocycles. The topological polar surface area (TPSA) is 78.8 Å². The number of fused-ring (bicyclic) bond motifs is 1.